The smallest absolute Gasteiger partial charge is 0.326 e. The molecule has 0 aliphatic heterocycles. The monoisotopic (exact) mass is 345 g/mol. The maximum atomic E-state index is 13.1. The van der Waals surface area contributed by atoms with E-state index < -0.39 is 17.9 Å². The summed E-state index contributed by atoms with van der Waals surface area (Å²) in [7, 11) is 0. The molecule has 6 nitrogen and oxygen atoms in total. The highest BCUT2D eigenvalue weighted by atomic mass is 19.1. The summed E-state index contributed by atoms with van der Waals surface area (Å²) in [5.41, 5.74) is 1.95. The predicted molar refractivity (Wildman–Crippen MR) is 91.3 cm³/mol. The van der Waals surface area contributed by atoms with Crippen molar-refractivity contribution in [2.75, 3.05) is 0 Å². The Bertz CT molecular complexity index is 810. The molecular weight excluding hydrogens is 325 g/mol. The maximum absolute atomic E-state index is 13.1. The molecule has 132 valence electrons. The Balaban J connectivity index is 2.31. The van der Waals surface area contributed by atoms with Crippen LogP contribution in [0.1, 0.15) is 35.1 Å². The number of aryl methyl sites for hydroxylation is 1. The Labute approximate surface area is 145 Å². The van der Waals surface area contributed by atoms with Crippen LogP contribution in [0.3, 0.4) is 0 Å². The first-order valence-electron chi connectivity index (χ1n) is 7.82. The summed E-state index contributed by atoms with van der Waals surface area (Å²) in [5, 5.41) is 16.1. The number of rotatable bonds is 6. The van der Waals surface area contributed by atoms with Gasteiger partial charge in [-0.15, -0.1) is 0 Å². The van der Waals surface area contributed by atoms with E-state index in [9.17, 15) is 19.1 Å². The van der Waals surface area contributed by atoms with Gasteiger partial charge in [-0.1, -0.05) is 12.2 Å². The number of halogens is 1. The van der Waals surface area contributed by atoms with Gasteiger partial charge in [0.2, 0.25) is 0 Å². The van der Waals surface area contributed by atoms with Gasteiger partial charge in [-0.2, -0.15) is 5.10 Å². The Hall–Kier alpha value is -2.96. The minimum Gasteiger partial charge on any atom is -0.480 e. The van der Waals surface area contributed by atoms with E-state index in [-0.39, 0.29) is 12.2 Å². The van der Waals surface area contributed by atoms with Gasteiger partial charge in [-0.05, 0) is 51.5 Å². The number of carbonyl (C=O) groups is 2. The molecule has 1 aromatic carbocycles. The van der Waals surface area contributed by atoms with E-state index in [1.807, 2.05) is 0 Å². The summed E-state index contributed by atoms with van der Waals surface area (Å²) in [5.74, 6) is -1.97. The van der Waals surface area contributed by atoms with Crippen LogP contribution in [0.15, 0.2) is 36.4 Å². The first kappa shape index (κ1) is 18.4. The molecule has 1 atom stereocenters. The third-order valence-corrected chi connectivity index (χ3v) is 3.80. The highest BCUT2D eigenvalue weighted by Gasteiger charge is 2.24. The van der Waals surface area contributed by atoms with Crippen LogP contribution in [0, 0.1) is 19.7 Å². The van der Waals surface area contributed by atoms with Gasteiger partial charge in [0.05, 0.1) is 22.6 Å². The van der Waals surface area contributed by atoms with Gasteiger partial charge in [0.1, 0.15) is 11.9 Å². The fraction of sp³-hybridized carbons (Fsp3) is 0.278. The number of carbonyl (C=O) groups excluding carboxylic acids is 1. The molecule has 0 fully saturated rings. The fourth-order valence-electron chi connectivity index (χ4n) is 2.53. The molecule has 2 aromatic rings. The zero-order chi connectivity index (χ0) is 18.6. The standard InChI is InChI=1S/C18H20FN3O3/c1-4-5-6-15(18(24)25)20-17(23)16-11(2)21-22(12(16)3)14-9-7-13(19)8-10-14/h4-5,7-10,15H,6H2,1-3H3,(H,20,23)(H,24,25)/b5-4+. The number of carboxylic acid groups (broad SMARTS) is 1. The lowest BCUT2D eigenvalue weighted by molar-refractivity contribution is -0.139. The minimum absolute atomic E-state index is 0.196. The summed E-state index contributed by atoms with van der Waals surface area (Å²) in [4.78, 5) is 23.8. The van der Waals surface area contributed by atoms with Crippen molar-refractivity contribution in [1.82, 2.24) is 15.1 Å². The first-order valence-corrected chi connectivity index (χ1v) is 7.82. The summed E-state index contributed by atoms with van der Waals surface area (Å²) < 4.78 is 14.6. The number of aromatic nitrogens is 2. The molecule has 0 aliphatic rings. The van der Waals surface area contributed by atoms with Gasteiger partial charge >= 0.3 is 5.97 Å². The molecule has 0 spiro atoms. The number of allylic oxidation sites excluding steroid dienone is 1. The Morgan fingerprint density at radius 3 is 2.52 bits per heavy atom. The molecule has 0 saturated heterocycles. The molecule has 0 saturated carbocycles. The van der Waals surface area contributed by atoms with Crippen molar-refractivity contribution >= 4 is 11.9 Å². The van der Waals surface area contributed by atoms with Crippen molar-refractivity contribution in [1.29, 1.82) is 0 Å². The van der Waals surface area contributed by atoms with E-state index >= 15 is 0 Å². The van der Waals surface area contributed by atoms with E-state index in [0.29, 0.717) is 22.6 Å². The van der Waals surface area contributed by atoms with Crippen LogP contribution in [0.5, 0.6) is 0 Å². The van der Waals surface area contributed by atoms with E-state index in [2.05, 4.69) is 10.4 Å². The number of benzene rings is 1. The van der Waals surface area contributed by atoms with Crippen LogP contribution in [-0.2, 0) is 4.79 Å². The molecule has 1 aromatic heterocycles. The van der Waals surface area contributed by atoms with E-state index in [0.717, 1.165) is 0 Å². The Morgan fingerprint density at radius 1 is 1.32 bits per heavy atom. The van der Waals surface area contributed by atoms with Crippen molar-refractivity contribution in [2.45, 2.75) is 33.2 Å². The van der Waals surface area contributed by atoms with Gasteiger partial charge in [-0.25, -0.2) is 13.9 Å². The van der Waals surface area contributed by atoms with E-state index in [1.165, 1.54) is 16.8 Å². The summed E-state index contributed by atoms with van der Waals surface area (Å²) in [6, 6.07) is 4.72. The van der Waals surface area contributed by atoms with Crippen molar-refractivity contribution in [2.24, 2.45) is 0 Å². The van der Waals surface area contributed by atoms with Crippen LogP contribution in [0.4, 0.5) is 4.39 Å². The van der Waals surface area contributed by atoms with Crippen molar-refractivity contribution in [3.05, 3.63) is 59.2 Å². The second-order valence-electron chi connectivity index (χ2n) is 5.60. The number of nitrogens with zero attached hydrogens (tertiary/aromatic N) is 2. The van der Waals surface area contributed by atoms with Crippen LogP contribution < -0.4 is 5.32 Å². The zero-order valence-corrected chi connectivity index (χ0v) is 14.3. The topological polar surface area (TPSA) is 84.2 Å². The fourth-order valence-corrected chi connectivity index (χ4v) is 2.53. The molecule has 0 bridgehead atoms. The molecule has 2 rings (SSSR count). The summed E-state index contributed by atoms with van der Waals surface area (Å²) in [6.45, 7) is 5.16. The van der Waals surface area contributed by atoms with Crippen LogP contribution in [0.25, 0.3) is 5.69 Å². The molecule has 2 N–H and O–H groups in total. The van der Waals surface area contributed by atoms with E-state index in [4.69, 9.17) is 0 Å². The van der Waals surface area contributed by atoms with Crippen LogP contribution in [-0.4, -0.2) is 32.8 Å². The molecule has 0 aliphatic carbocycles. The van der Waals surface area contributed by atoms with Crippen molar-refractivity contribution in [3.8, 4) is 5.69 Å². The Kier molecular flexibility index (Phi) is 5.69. The number of hydrogen-bond acceptors (Lipinski definition) is 3. The first-order chi connectivity index (χ1) is 11.8. The molecule has 1 heterocycles. The lowest BCUT2D eigenvalue weighted by Crippen LogP contribution is -2.40. The van der Waals surface area contributed by atoms with Crippen molar-refractivity contribution in [3.63, 3.8) is 0 Å². The second-order valence-corrected chi connectivity index (χ2v) is 5.60. The van der Waals surface area contributed by atoms with Gasteiger partial charge < -0.3 is 10.4 Å². The highest BCUT2D eigenvalue weighted by molar-refractivity contribution is 5.98. The van der Waals surface area contributed by atoms with Gasteiger partial charge in [-0.3, -0.25) is 4.79 Å². The number of nitrogens with one attached hydrogen (secondary N) is 1. The third kappa shape index (κ3) is 4.12. The number of carboxylic acids is 1. The lowest BCUT2D eigenvalue weighted by Gasteiger charge is -2.13. The maximum Gasteiger partial charge on any atom is 0.326 e. The highest BCUT2D eigenvalue weighted by Crippen LogP contribution is 2.18. The normalized spacial score (nSPS) is 12.3. The lowest BCUT2D eigenvalue weighted by atomic mass is 10.1. The number of aliphatic carboxylic acids is 1. The third-order valence-electron chi connectivity index (χ3n) is 3.80. The zero-order valence-electron chi connectivity index (χ0n) is 14.3. The molecule has 1 amide bonds. The molecule has 0 radical (unpaired) electrons. The number of amides is 1. The quantitative estimate of drug-likeness (QED) is 0.789. The minimum atomic E-state index is -1.10. The summed E-state index contributed by atoms with van der Waals surface area (Å²) in [6.07, 6.45) is 3.60. The SMILES string of the molecule is C/C=C/CC(NC(=O)c1c(C)nn(-c2ccc(F)cc2)c1C)C(=O)O. The summed E-state index contributed by atoms with van der Waals surface area (Å²) >= 11 is 0. The molecular formula is C18H20FN3O3. The van der Waals surface area contributed by atoms with E-state index in [1.54, 1.807) is 45.1 Å². The predicted octanol–water partition coefficient (Wildman–Crippen LogP) is 2.78. The molecule has 1 unspecified atom stereocenters. The van der Waals surface area contributed by atoms with Crippen LogP contribution >= 0.6 is 0 Å². The average molecular weight is 345 g/mol. The molecule has 25 heavy (non-hydrogen) atoms. The van der Waals surface area contributed by atoms with Gasteiger partial charge in [0, 0.05) is 0 Å². The van der Waals surface area contributed by atoms with Gasteiger partial charge in [0.15, 0.2) is 0 Å². The van der Waals surface area contributed by atoms with Crippen molar-refractivity contribution < 1.29 is 19.1 Å². The largest absolute Gasteiger partial charge is 0.480 e. The second kappa shape index (κ2) is 7.74. The van der Waals surface area contributed by atoms with Crippen LogP contribution in [0.2, 0.25) is 0 Å². The molecule has 7 heteroatoms. The Morgan fingerprint density at radius 2 is 1.96 bits per heavy atom. The number of hydrogen-bond donors (Lipinski definition) is 2. The van der Waals surface area contributed by atoms with Gasteiger partial charge in [0.25, 0.3) is 5.91 Å². The average Bonchev–Trinajstić information content (AvgIpc) is 2.86.